The molecule has 4 aromatic rings. The third kappa shape index (κ3) is 5.63. The highest BCUT2D eigenvalue weighted by molar-refractivity contribution is 5.37. The molecule has 0 atom stereocenters. The number of rotatable bonds is 8. The van der Waals surface area contributed by atoms with Gasteiger partial charge in [0, 0.05) is 0 Å². The summed E-state index contributed by atoms with van der Waals surface area (Å²) in [6, 6.07) is 35.5. The molecule has 0 amide bonds. The van der Waals surface area contributed by atoms with E-state index in [2.05, 4.69) is 0 Å². The molecule has 0 radical (unpaired) electrons. The Morgan fingerprint density at radius 2 is 0.724 bits per heavy atom. The van der Waals surface area contributed by atoms with Crippen LogP contribution < -0.4 is 14.2 Å². The van der Waals surface area contributed by atoms with Crippen molar-refractivity contribution in [2.45, 2.75) is 13.2 Å². The lowest BCUT2D eigenvalue weighted by Gasteiger charge is -2.10. The summed E-state index contributed by atoms with van der Waals surface area (Å²) in [5.41, 5.74) is 2.28. The van der Waals surface area contributed by atoms with Crippen molar-refractivity contribution in [2.24, 2.45) is 0 Å². The Morgan fingerprint density at radius 3 is 1.10 bits per heavy atom. The molecule has 4 aromatic carbocycles. The Kier molecular flexibility index (Phi) is 6.08. The maximum absolute atomic E-state index is 5.90. The maximum atomic E-state index is 5.90. The van der Waals surface area contributed by atoms with Crippen LogP contribution in [-0.4, -0.2) is 0 Å². The van der Waals surface area contributed by atoms with E-state index in [1.54, 1.807) is 0 Å². The average molecular weight is 382 g/mol. The summed E-state index contributed by atoms with van der Waals surface area (Å²) in [7, 11) is 0. The van der Waals surface area contributed by atoms with Crippen LogP contribution in [0.5, 0.6) is 23.0 Å². The van der Waals surface area contributed by atoms with Crippen LogP contribution >= 0.6 is 0 Å². The minimum absolute atomic E-state index is 0.547. The van der Waals surface area contributed by atoms with E-state index in [1.165, 1.54) is 0 Å². The summed E-state index contributed by atoms with van der Waals surface area (Å²) in [6.07, 6.45) is 0. The summed E-state index contributed by atoms with van der Waals surface area (Å²) in [4.78, 5) is 0. The standard InChI is InChI=1S/C26H22O3/c1-3-7-21(8-4-1)19-27-23-11-15-25(16-12-23)29-26-17-13-24(14-18-26)28-20-22-9-5-2-6-10-22/h1-18H,19-20H2. The zero-order chi connectivity index (χ0) is 19.7. The zero-order valence-corrected chi connectivity index (χ0v) is 16.0. The predicted molar refractivity (Wildman–Crippen MR) is 115 cm³/mol. The number of hydrogen-bond donors (Lipinski definition) is 0. The van der Waals surface area contributed by atoms with Gasteiger partial charge in [0.2, 0.25) is 0 Å². The Morgan fingerprint density at radius 1 is 0.379 bits per heavy atom. The van der Waals surface area contributed by atoms with Crippen molar-refractivity contribution in [3.8, 4) is 23.0 Å². The van der Waals surface area contributed by atoms with E-state index in [9.17, 15) is 0 Å². The van der Waals surface area contributed by atoms with Gasteiger partial charge in [0.25, 0.3) is 0 Å². The molecule has 0 spiro atoms. The molecule has 4 rings (SSSR count). The number of hydrogen-bond acceptors (Lipinski definition) is 3. The third-order valence-corrected chi connectivity index (χ3v) is 4.38. The SMILES string of the molecule is c1ccc(COc2ccc(Oc3ccc(OCc4ccccc4)cc3)cc2)cc1. The molecule has 0 fully saturated rings. The molecule has 0 saturated heterocycles. The first-order valence-corrected chi connectivity index (χ1v) is 9.57. The summed E-state index contributed by atoms with van der Waals surface area (Å²) < 4.78 is 17.5. The molecule has 0 aromatic heterocycles. The topological polar surface area (TPSA) is 27.7 Å². The van der Waals surface area contributed by atoms with Gasteiger partial charge >= 0.3 is 0 Å². The first-order chi connectivity index (χ1) is 14.3. The quantitative estimate of drug-likeness (QED) is 0.342. The molecular formula is C26H22O3. The normalized spacial score (nSPS) is 10.3. The Labute approximate surface area is 171 Å². The molecule has 0 bridgehead atoms. The molecule has 144 valence electrons. The Bertz CT molecular complexity index is 910. The second-order valence-corrected chi connectivity index (χ2v) is 6.59. The molecule has 0 heterocycles. The van der Waals surface area contributed by atoms with Gasteiger partial charge in [-0.25, -0.2) is 0 Å². The van der Waals surface area contributed by atoms with Gasteiger partial charge < -0.3 is 14.2 Å². The zero-order valence-electron chi connectivity index (χ0n) is 16.0. The van der Waals surface area contributed by atoms with Crippen LogP contribution in [0.2, 0.25) is 0 Å². The van der Waals surface area contributed by atoms with E-state index in [-0.39, 0.29) is 0 Å². The fourth-order valence-electron chi connectivity index (χ4n) is 2.83. The van der Waals surface area contributed by atoms with Gasteiger partial charge in [0.15, 0.2) is 0 Å². The van der Waals surface area contributed by atoms with Crippen molar-refractivity contribution in [3.05, 3.63) is 120 Å². The highest BCUT2D eigenvalue weighted by Gasteiger charge is 2.01. The second kappa shape index (κ2) is 9.47. The minimum Gasteiger partial charge on any atom is -0.489 e. The molecular weight excluding hydrogens is 360 g/mol. The van der Waals surface area contributed by atoms with Crippen LogP contribution in [0.15, 0.2) is 109 Å². The van der Waals surface area contributed by atoms with Gasteiger partial charge in [0.1, 0.15) is 36.2 Å². The summed E-state index contributed by atoms with van der Waals surface area (Å²) >= 11 is 0. The molecule has 3 nitrogen and oxygen atoms in total. The van der Waals surface area contributed by atoms with Crippen LogP contribution in [0.25, 0.3) is 0 Å². The van der Waals surface area contributed by atoms with E-state index in [0.29, 0.717) is 13.2 Å². The van der Waals surface area contributed by atoms with E-state index in [4.69, 9.17) is 14.2 Å². The fraction of sp³-hybridized carbons (Fsp3) is 0.0769. The van der Waals surface area contributed by atoms with Gasteiger partial charge in [0.05, 0.1) is 0 Å². The first kappa shape index (κ1) is 18.6. The number of ether oxygens (including phenoxy) is 3. The van der Waals surface area contributed by atoms with Crippen LogP contribution in [0, 0.1) is 0 Å². The first-order valence-electron chi connectivity index (χ1n) is 9.57. The lowest BCUT2D eigenvalue weighted by atomic mass is 10.2. The monoisotopic (exact) mass is 382 g/mol. The van der Waals surface area contributed by atoms with Crippen molar-refractivity contribution >= 4 is 0 Å². The van der Waals surface area contributed by atoms with E-state index >= 15 is 0 Å². The fourth-order valence-corrected chi connectivity index (χ4v) is 2.83. The minimum atomic E-state index is 0.547. The van der Waals surface area contributed by atoms with Crippen molar-refractivity contribution in [3.63, 3.8) is 0 Å². The lowest BCUT2D eigenvalue weighted by molar-refractivity contribution is 0.305. The van der Waals surface area contributed by atoms with E-state index in [1.807, 2.05) is 109 Å². The molecule has 0 unspecified atom stereocenters. The van der Waals surface area contributed by atoms with E-state index in [0.717, 1.165) is 34.1 Å². The molecule has 0 N–H and O–H groups in total. The molecule has 0 aliphatic carbocycles. The van der Waals surface area contributed by atoms with Crippen LogP contribution in [0.1, 0.15) is 11.1 Å². The Balaban J connectivity index is 1.28. The second-order valence-electron chi connectivity index (χ2n) is 6.59. The third-order valence-electron chi connectivity index (χ3n) is 4.38. The molecule has 0 aliphatic rings. The van der Waals surface area contributed by atoms with Crippen molar-refractivity contribution < 1.29 is 14.2 Å². The molecule has 0 aliphatic heterocycles. The summed E-state index contributed by atoms with van der Waals surface area (Å²) in [5.74, 6) is 3.14. The van der Waals surface area contributed by atoms with Gasteiger partial charge in [-0.05, 0) is 59.7 Å². The number of benzene rings is 4. The van der Waals surface area contributed by atoms with Crippen molar-refractivity contribution in [1.29, 1.82) is 0 Å². The Hall–Kier alpha value is -3.72. The van der Waals surface area contributed by atoms with Gasteiger partial charge in [-0.1, -0.05) is 60.7 Å². The molecule has 3 heteroatoms. The largest absolute Gasteiger partial charge is 0.489 e. The van der Waals surface area contributed by atoms with Crippen molar-refractivity contribution in [2.75, 3.05) is 0 Å². The van der Waals surface area contributed by atoms with Gasteiger partial charge in [-0.3, -0.25) is 0 Å². The summed E-state index contributed by atoms with van der Waals surface area (Å²) in [5, 5.41) is 0. The van der Waals surface area contributed by atoms with Gasteiger partial charge in [-0.15, -0.1) is 0 Å². The maximum Gasteiger partial charge on any atom is 0.127 e. The lowest BCUT2D eigenvalue weighted by Crippen LogP contribution is -1.95. The van der Waals surface area contributed by atoms with E-state index < -0.39 is 0 Å². The highest BCUT2D eigenvalue weighted by atomic mass is 16.5. The molecule has 29 heavy (non-hydrogen) atoms. The molecule has 0 saturated carbocycles. The predicted octanol–water partition coefficient (Wildman–Crippen LogP) is 6.64. The smallest absolute Gasteiger partial charge is 0.127 e. The average Bonchev–Trinajstić information content (AvgIpc) is 2.80. The van der Waals surface area contributed by atoms with Crippen LogP contribution in [0.4, 0.5) is 0 Å². The van der Waals surface area contributed by atoms with Crippen molar-refractivity contribution in [1.82, 2.24) is 0 Å². The highest BCUT2D eigenvalue weighted by Crippen LogP contribution is 2.26. The summed E-state index contributed by atoms with van der Waals surface area (Å²) in [6.45, 7) is 1.09. The van der Waals surface area contributed by atoms with Gasteiger partial charge in [-0.2, -0.15) is 0 Å². The van der Waals surface area contributed by atoms with Crippen LogP contribution in [-0.2, 0) is 13.2 Å². The van der Waals surface area contributed by atoms with Crippen LogP contribution in [0.3, 0.4) is 0 Å².